The van der Waals surface area contributed by atoms with Crippen LogP contribution in [0.15, 0.2) is 59.0 Å². The van der Waals surface area contributed by atoms with E-state index in [-0.39, 0.29) is 5.71 Å². The summed E-state index contributed by atoms with van der Waals surface area (Å²) in [7, 11) is 1.55. The first kappa shape index (κ1) is 17.0. The van der Waals surface area contributed by atoms with Crippen LogP contribution >= 0.6 is 22.9 Å². The molecule has 0 saturated heterocycles. The maximum atomic E-state index is 9.41. The van der Waals surface area contributed by atoms with Gasteiger partial charge in [0.05, 0.1) is 18.5 Å². The number of aromatic nitrogens is 1. The minimum atomic E-state index is 0.189. The number of nitrogens with zero attached hydrogens (tertiary/aromatic N) is 3. The molecule has 0 spiro atoms. The topological polar surface area (TPSA) is 70.3 Å². The van der Waals surface area contributed by atoms with Gasteiger partial charge in [0.25, 0.3) is 0 Å². The van der Waals surface area contributed by atoms with Crippen LogP contribution in [-0.4, -0.2) is 17.8 Å². The van der Waals surface area contributed by atoms with Crippen molar-refractivity contribution < 1.29 is 4.74 Å². The predicted molar refractivity (Wildman–Crippen MR) is 101 cm³/mol. The monoisotopic (exact) mass is 368 g/mol. The lowest BCUT2D eigenvalue weighted by molar-refractivity contribution is 0.416. The molecule has 0 aliphatic carbocycles. The number of nitrogens with one attached hydrogen (secondary N) is 1. The number of thiazole rings is 1. The Bertz CT molecular complexity index is 947. The molecule has 0 fully saturated rings. The maximum Gasteiger partial charge on any atom is 0.196 e. The Morgan fingerprint density at radius 1 is 1.28 bits per heavy atom. The molecule has 0 atom stereocenters. The molecule has 5 nitrogen and oxygen atoms in total. The van der Waals surface area contributed by atoms with Crippen molar-refractivity contribution in [2.24, 2.45) is 5.10 Å². The number of rotatable bonds is 5. The van der Waals surface area contributed by atoms with E-state index >= 15 is 0 Å². The van der Waals surface area contributed by atoms with Crippen molar-refractivity contribution in [3.05, 3.63) is 63.9 Å². The Hall–Kier alpha value is -2.88. The van der Waals surface area contributed by atoms with Crippen LogP contribution in [0.25, 0.3) is 11.3 Å². The van der Waals surface area contributed by atoms with Crippen LogP contribution < -0.4 is 10.2 Å². The highest BCUT2D eigenvalue weighted by atomic mass is 35.5. The van der Waals surface area contributed by atoms with Crippen LogP contribution in [0, 0.1) is 11.3 Å². The zero-order valence-electron chi connectivity index (χ0n) is 13.2. The summed E-state index contributed by atoms with van der Waals surface area (Å²) in [5.74, 6) is 0.578. The third-order valence-electron chi connectivity index (χ3n) is 3.33. The lowest BCUT2D eigenvalue weighted by Crippen LogP contribution is -2.02. The molecule has 0 bridgehead atoms. The number of benzene rings is 2. The van der Waals surface area contributed by atoms with Gasteiger partial charge in [-0.05, 0) is 18.2 Å². The molecule has 2 aromatic carbocycles. The van der Waals surface area contributed by atoms with Crippen LogP contribution in [0.3, 0.4) is 0 Å². The molecule has 3 aromatic rings. The van der Waals surface area contributed by atoms with Crippen LogP contribution in [0.5, 0.6) is 5.75 Å². The molecule has 0 radical (unpaired) electrons. The number of halogens is 1. The van der Waals surface area contributed by atoms with Crippen LogP contribution in [0.4, 0.5) is 5.69 Å². The summed E-state index contributed by atoms with van der Waals surface area (Å²) in [6.45, 7) is 0. The Labute approximate surface area is 154 Å². The van der Waals surface area contributed by atoms with Crippen LogP contribution in [0.2, 0.25) is 5.02 Å². The Kier molecular flexibility index (Phi) is 5.29. The van der Waals surface area contributed by atoms with Gasteiger partial charge in [0.2, 0.25) is 0 Å². The lowest BCUT2D eigenvalue weighted by atomic mass is 10.2. The smallest absolute Gasteiger partial charge is 0.196 e. The number of hydrazone groups is 1. The van der Waals surface area contributed by atoms with E-state index in [4.69, 9.17) is 16.3 Å². The molecule has 124 valence electrons. The minimum absolute atomic E-state index is 0.189. The third-order valence-corrected chi connectivity index (χ3v) is 4.42. The first-order chi connectivity index (χ1) is 12.2. The second-order valence-corrected chi connectivity index (χ2v) is 6.23. The Balaban J connectivity index is 1.86. The minimum Gasteiger partial charge on any atom is -0.495 e. The van der Waals surface area contributed by atoms with Gasteiger partial charge in [0.15, 0.2) is 10.7 Å². The first-order valence-corrected chi connectivity index (χ1v) is 8.55. The highest BCUT2D eigenvalue weighted by molar-refractivity contribution is 7.12. The van der Waals surface area contributed by atoms with Crippen LogP contribution in [-0.2, 0) is 0 Å². The van der Waals surface area contributed by atoms with E-state index in [0.717, 1.165) is 11.3 Å². The summed E-state index contributed by atoms with van der Waals surface area (Å²) in [6, 6.07) is 17.0. The average Bonchev–Trinajstić information content (AvgIpc) is 3.13. The molecule has 1 heterocycles. The van der Waals surface area contributed by atoms with Gasteiger partial charge in [0.1, 0.15) is 11.8 Å². The standard InChI is InChI=1S/C18H13ClN4OS/c1-24-17-8-7-13(19)9-14(17)22-23-15(10-20)18-21-16(11-25-18)12-5-3-2-4-6-12/h2-9,11,22H,1H3/b23-15+. The SMILES string of the molecule is COc1ccc(Cl)cc1N/N=C(\C#N)c1nc(-c2ccccc2)cs1. The largest absolute Gasteiger partial charge is 0.495 e. The average molecular weight is 369 g/mol. The van der Waals surface area contributed by atoms with E-state index in [2.05, 4.69) is 21.6 Å². The second-order valence-electron chi connectivity index (χ2n) is 4.93. The number of hydrogen-bond donors (Lipinski definition) is 1. The number of ether oxygens (including phenoxy) is 1. The van der Waals surface area contributed by atoms with E-state index in [1.807, 2.05) is 35.7 Å². The number of anilines is 1. The van der Waals surface area contributed by atoms with Gasteiger partial charge in [-0.25, -0.2) is 4.98 Å². The van der Waals surface area contributed by atoms with Crippen molar-refractivity contribution in [2.75, 3.05) is 12.5 Å². The first-order valence-electron chi connectivity index (χ1n) is 7.30. The second kappa shape index (κ2) is 7.79. The molecule has 3 rings (SSSR count). The van der Waals surface area contributed by atoms with E-state index in [1.54, 1.807) is 25.3 Å². The quantitative estimate of drug-likeness (QED) is 0.518. The Morgan fingerprint density at radius 3 is 2.80 bits per heavy atom. The van der Waals surface area contributed by atoms with Gasteiger partial charge >= 0.3 is 0 Å². The number of hydrogen-bond acceptors (Lipinski definition) is 6. The number of nitriles is 1. The summed E-state index contributed by atoms with van der Waals surface area (Å²) in [6.07, 6.45) is 0. The summed E-state index contributed by atoms with van der Waals surface area (Å²) < 4.78 is 5.25. The van der Waals surface area contributed by atoms with Gasteiger partial charge in [-0.1, -0.05) is 41.9 Å². The van der Waals surface area contributed by atoms with E-state index in [1.165, 1.54) is 11.3 Å². The summed E-state index contributed by atoms with van der Waals surface area (Å²) in [5, 5.41) is 16.5. The van der Waals surface area contributed by atoms with Gasteiger partial charge in [-0.2, -0.15) is 10.4 Å². The molecule has 1 N–H and O–H groups in total. The van der Waals surface area contributed by atoms with Crippen molar-refractivity contribution in [2.45, 2.75) is 0 Å². The summed E-state index contributed by atoms with van der Waals surface area (Å²) in [5.41, 5.74) is 5.39. The zero-order chi connectivity index (χ0) is 17.6. The fraction of sp³-hybridized carbons (Fsp3) is 0.0556. The Morgan fingerprint density at radius 2 is 2.08 bits per heavy atom. The molecule has 0 aliphatic heterocycles. The third kappa shape index (κ3) is 3.97. The molecule has 0 saturated carbocycles. The highest BCUT2D eigenvalue weighted by Gasteiger charge is 2.11. The molecule has 0 unspecified atom stereocenters. The molecule has 25 heavy (non-hydrogen) atoms. The van der Waals surface area contributed by atoms with Gasteiger partial charge in [-0.15, -0.1) is 11.3 Å². The van der Waals surface area contributed by atoms with Crippen molar-refractivity contribution in [3.8, 4) is 23.1 Å². The van der Waals surface area contributed by atoms with Crippen molar-refractivity contribution in [3.63, 3.8) is 0 Å². The maximum absolute atomic E-state index is 9.41. The van der Waals surface area contributed by atoms with E-state index in [0.29, 0.717) is 21.5 Å². The fourth-order valence-electron chi connectivity index (χ4n) is 2.13. The molecular formula is C18H13ClN4OS. The van der Waals surface area contributed by atoms with Crippen molar-refractivity contribution in [1.82, 2.24) is 4.98 Å². The number of methoxy groups -OCH3 is 1. The fourth-order valence-corrected chi connectivity index (χ4v) is 3.07. The normalized spacial score (nSPS) is 11.0. The predicted octanol–water partition coefficient (Wildman–Crippen LogP) is 4.81. The van der Waals surface area contributed by atoms with E-state index in [9.17, 15) is 5.26 Å². The molecule has 0 amide bonds. The lowest BCUT2D eigenvalue weighted by Gasteiger charge is -2.07. The summed E-state index contributed by atoms with van der Waals surface area (Å²) in [4.78, 5) is 4.49. The summed E-state index contributed by atoms with van der Waals surface area (Å²) >= 11 is 7.36. The van der Waals surface area contributed by atoms with E-state index < -0.39 is 0 Å². The molecule has 0 aliphatic rings. The molecular weight excluding hydrogens is 356 g/mol. The highest BCUT2D eigenvalue weighted by Crippen LogP contribution is 2.28. The van der Waals surface area contributed by atoms with Gasteiger partial charge in [-0.3, -0.25) is 5.43 Å². The van der Waals surface area contributed by atoms with Crippen LogP contribution in [0.1, 0.15) is 5.01 Å². The molecule has 1 aromatic heterocycles. The van der Waals surface area contributed by atoms with Gasteiger partial charge in [0, 0.05) is 16.0 Å². The molecule has 7 heteroatoms. The zero-order valence-corrected chi connectivity index (χ0v) is 14.8. The van der Waals surface area contributed by atoms with Crippen molar-refractivity contribution >= 4 is 34.3 Å². The van der Waals surface area contributed by atoms with Crippen molar-refractivity contribution in [1.29, 1.82) is 5.26 Å². The van der Waals surface area contributed by atoms with Gasteiger partial charge < -0.3 is 4.74 Å².